The molecule has 3 rings (SSSR count). The van der Waals surface area contributed by atoms with Crippen LogP contribution < -0.4 is 18.9 Å². The molecule has 0 bridgehead atoms. The van der Waals surface area contributed by atoms with Gasteiger partial charge in [-0.05, 0) is 67.6 Å². The van der Waals surface area contributed by atoms with Crippen LogP contribution in [0.4, 0.5) is 8.78 Å². The number of benzene rings is 3. The van der Waals surface area contributed by atoms with Crippen LogP contribution in [0.15, 0.2) is 111 Å². The van der Waals surface area contributed by atoms with Crippen LogP contribution in [0.3, 0.4) is 0 Å². The van der Waals surface area contributed by atoms with Gasteiger partial charge in [0.2, 0.25) is 11.7 Å². The number of ether oxygens (including phenoxy) is 5. The highest BCUT2D eigenvalue weighted by molar-refractivity contribution is 5.92. The van der Waals surface area contributed by atoms with Gasteiger partial charge in [-0.1, -0.05) is 38.2 Å². The van der Waals surface area contributed by atoms with Crippen LogP contribution in [0.1, 0.15) is 32.6 Å². The van der Waals surface area contributed by atoms with Crippen LogP contribution in [-0.4, -0.2) is 29.8 Å². The Morgan fingerprint density at radius 2 is 1.25 bits per heavy atom. The normalized spacial score (nSPS) is 10.1. The topological polar surface area (TPSA) is 132 Å². The zero-order valence-corrected chi connectivity index (χ0v) is 25.2. The minimum atomic E-state index is -1.52. The Kier molecular flexibility index (Phi) is 12.2. The van der Waals surface area contributed by atoms with Gasteiger partial charge in [-0.25, -0.2) is 24.0 Å². The lowest BCUT2D eigenvalue weighted by atomic mass is 10.0. The lowest BCUT2D eigenvalue weighted by Crippen LogP contribution is -2.13. The first kappa shape index (κ1) is 35.6. The van der Waals surface area contributed by atoms with Crippen LogP contribution in [0.2, 0.25) is 0 Å². The third-order valence-electron chi connectivity index (χ3n) is 5.84. The minimum absolute atomic E-state index is 0.0347. The summed E-state index contributed by atoms with van der Waals surface area (Å²) < 4.78 is 52.8. The molecule has 12 heteroatoms. The molecule has 3 aromatic carbocycles. The van der Waals surface area contributed by atoms with E-state index < -0.39 is 53.0 Å². The number of carbonyl (C=O) groups excluding carboxylic acids is 5. The summed E-state index contributed by atoms with van der Waals surface area (Å²) in [6.07, 6.45) is 3.84. The fraction of sp³-hybridized carbons (Fsp3) is 0.0278. The number of halogens is 2. The van der Waals surface area contributed by atoms with E-state index in [1.807, 2.05) is 0 Å². The van der Waals surface area contributed by atoms with Crippen molar-refractivity contribution in [1.29, 1.82) is 0 Å². The van der Waals surface area contributed by atoms with Crippen LogP contribution in [0, 0.1) is 18.8 Å². The second kappa shape index (κ2) is 16.4. The predicted molar refractivity (Wildman–Crippen MR) is 168 cm³/mol. The smallest absolute Gasteiger partial charge is 0.371 e. The zero-order chi connectivity index (χ0) is 35.4. The molecule has 0 aliphatic carbocycles. The highest BCUT2D eigenvalue weighted by Crippen LogP contribution is 2.37. The lowest BCUT2D eigenvalue weighted by Gasteiger charge is -2.16. The molecule has 3 aromatic rings. The van der Waals surface area contributed by atoms with E-state index in [1.54, 1.807) is 0 Å². The highest BCUT2D eigenvalue weighted by atomic mass is 19.1. The number of rotatable bonds is 11. The van der Waals surface area contributed by atoms with Crippen LogP contribution >= 0.6 is 0 Å². The fourth-order valence-electron chi connectivity index (χ4n) is 3.51. The van der Waals surface area contributed by atoms with Gasteiger partial charge < -0.3 is 23.7 Å². The Morgan fingerprint density at radius 1 is 0.729 bits per heavy atom. The zero-order valence-electron chi connectivity index (χ0n) is 25.2. The van der Waals surface area contributed by atoms with Gasteiger partial charge in [0.1, 0.15) is 23.0 Å². The standard InChI is InChI=1S/C36H24F2O10/c1-6-31(39)45-27-14-9-24(10-15-27)8-11-26-20-30(47-34(41)22(4)37)29(33(21(26)3)48-35(42)23(5)38)18-19-44-36(43)25-12-16-28(17-13-25)46-32(40)7-2/h6-7,9-10,12-20H,1-2,4-5H2,3H3/b19-18+. The maximum absolute atomic E-state index is 13.7. The van der Waals surface area contributed by atoms with E-state index >= 15 is 0 Å². The van der Waals surface area contributed by atoms with Gasteiger partial charge in [0.15, 0.2) is 0 Å². The SMILES string of the molecule is C=CC(=O)Oc1ccc(C#Cc2cc(OC(=O)C(=C)F)c(/C=C/OC(=O)c3ccc(OC(=O)C=C)cc3)c(OC(=O)C(=C)F)c2C)cc1. The first-order valence-electron chi connectivity index (χ1n) is 13.4. The number of esters is 5. The summed E-state index contributed by atoms with van der Waals surface area (Å²) in [6.45, 7) is 13.8. The summed E-state index contributed by atoms with van der Waals surface area (Å²) in [6, 6.07) is 12.5. The van der Waals surface area contributed by atoms with E-state index in [0.29, 0.717) is 5.56 Å². The summed E-state index contributed by atoms with van der Waals surface area (Å²) in [5, 5.41) is 0. The molecule has 10 nitrogen and oxygen atoms in total. The van der Waals surface area contributed by atoms with Gasteiger partial charge >= 0.3 is 29.8 Å². The van der Waals surface area contributed by atoms with E-state index in [4.69, 9.17) is 23.7 Å². The molecule has 0 unspecified atom stereocenters. The predicted octanol–water partition coefficient (Wildman–Crippen LogP) is 6.18. The van der Waals surface area contributed by atoms with Gasteiger partial charge in [-0.2, -0.15) is 8.78 Å². The van der Waals surface area contributed by atoms with Crippen molar-refractivity contribution in [2.24, 2.45) is 0 Å². The summed E-state index contributed by atoms with van der Waals surface area (Å²) >= 11 is 0. The van der Waals surface area contributed by atoms with E-state index in [2.05, 4.69) is 38.2 Å². The average molecular weight is 655 g/mol. The molecule has 0 fully saturated rings. The highest BCUT2D eigenvalue weighted by Gasteiger charge is 2.23. The Hall–Kier alpha value is -6.87. The Morgan fingerprint density at radius 3 is 1.77 bits per heavy atom. The molecule has 0 atom stereocenters. The molecular weight excluding hydrogens is 630 g/mol. The first-order chi connectivity index (χ1) is 22.8. The molecule has 0 saturated carbocycles. The van der Waals surface area contributed by atoms with Crippen molar-refractivity contribution in [3.63, 3.8) is 0 Å². The maximum Gasteiger partial charge on any atom is 0.371 e. The molecule has 0 aliphatic rings. The second-order valence-corrected chi connectivity index (χ2v) is 9.14. The molecule has 0 heterocycles. The number of carbonyl (C=O) groups is 5. The van der Waals surface area contributed by atoms with Gasteiger partial charge in [0, 0.05) is 28.8 Å². The monoisotopic (exact) mass is 654 g/mol. The molecular formula is C36H24F2O10. The summed E-state index contributed by atoms with van der Waals surface area (Å²) in [5.41, 5.74) is 0.427. The van der Waals surface area contributed by atoms with Crippen LogP contribution in [0.5, 0.6) is 23.0 Å². The summed E-state index contributed by atoms with van der Waals surface area (Å²) in [5.74, 6) is -3.07. The van der Waals surface area contributed by atoms with E-state index in [9.17, 15) is 32.8 Å². The Labute approximate surface area is 272 Å². The maximum atomic E-state index is 13.7. The van der Waals surface area contributed by atoms with E-state index in [1.165, 1.54) is 61.5 Å². The minimum Gasteiger partial charge on any atom is -0.431 e. The average Bonchev–Trinajstić information content (AvgIpc) is 3.06. The van der Waals surface area contributed by atoms with Gasteiger partial charge in [-0.15, -0.1) is 0 Å². The van der Waals surface area contributed by atoms with Crippen molar-refractivity contribution in [2.45, 2.75) is 6.92 Å². The lowest BCUT2D eigenvalue weighted by molar-refractivity contribution is -0.132. The van der Waals surface area contributed by atoms with E-state index in [0.717, 1.165) is 24.5 Å². The molecule has 0 amide bonds. The number of hydrogen-bond donors (Lipinski definition) is 0. The molecule has 0 aliphatic heterocycles. The van der Waals surface area contributed by atoms with Crippen molar-refractivity contribution in [3.05, 3.63) is 139 Å². The Bertz CT molecular complexity index is 1930. The summed E-state index contributed by atoms with van der Waals surface area (Å²) in [7, 11) is 0. The van der Waals surface area contributed by atoms with Gasteiger partial charge in [0.25, 0.3) is 0 Å². The second-order valence-electron chi connectivity index (χ2n) is 9.14. The molecule has 0 N–H and O–H groups in total. The van der Waals surface area contributed by atoms with Crippen molar-refractivity contribution in [2.75, 3.05) is 0 Å². The summed E-state index contributed by atoms with van der Waals surface area (Å²) in [4.78, 5) is 59.8. The van der Waals surface area contributed by atoms with Crippen LogP contribution in [-0.2, 0) is 23.9 Å². The van der Waals surface area contributed by atoms with Crippen molar-refractivity contribution >= 4 is 35.9 Å². The molecule has 242 valence electrons. The van der Waals surface area contributed by atoms with Crippen molar-refractivity contribution in [1.82, 2.24) is 0 Å². The molecule has 48 heavy (non-hydrogen) atoms. The Balaban J connectivity index is 2.04. The first-order valence-corrected chi connectivity index (χ1v) is 13.4. The molecule has 0 spiro atoms. The third-order valence-corrected chi connectivity index (χ3v) is 5.84. The van der Waals surface area contributed by atoms with Gasteiger partial charge in [0.05, 0.1) is 17.4 Å². The van der Waals surface area contributed by atoms with E-state index in [-0.39, 0.29) is 33.8 Å². The fourth-order valence-corrected chi connectivity index (χ4v) is 3.51. The quantitative estimate of drug-likeness (QED) is 0.0776. The van der Waals surface area contributed by atoms with Crippen molar-refractivity contribution in [3.8, 4) is 34.8 Å². The third kappa shape index (κ3) is 9.82. The molecule has 0 radical (unpaired) electrons. The van der Waals surface area contributed by atoms with Crippen molar-refractivity contribution < 1.29 is 56.4 Å². The van der Waals surface area contributed by atoms with Crippen LogP contribution in [0.25, 0.3) is 6.08 Å². The molecule has 0 aromatic heterocycles. The number of hydrogen-bond acceptors (Lipinski definition) is 10. The molecule has 0 saturated heterocycles. The van der Waals surface area contributed by atoms with Gasteiger partial charge in [-0.3, -0.25) is 0 Å². The largest absolute Gasteiger partial charge is 0.431 e.